The molecule has 16 heavy (non-hydrogen) atoms. The van der Waals surface area contributed by atoms with Gasteiger partial charge in [0.1, 0.15) is 6.10 Å². The minimum Gasteiger partial charge on any atom is -0.469 e. The molecule has 1 saturated heterocycles. The summed E-state index contributed by atoms with van der Waals surface area (Å²) in [5.74, 6) is -1.06. The molecule has 0 aromatic rings. The molecule has 1 aliphatic rings. The highest BCUT2D eigenvalue weighted by Crippen LogP contribution is 2.26. The van der Waals surface area contributed by atoms with E-state index >= 15 is 0 Å². The van der Waals surface area contributed by atoms with Crippen LogP contribution >= 0.6 is 0 Å². The van der Waals surface area contributed by atoms with E-state index in [1.165, 1.54) is 14.2 Å². The number of hydrogen-bond donors (Lipinski definition) is 1. The van der Waals surface area contributed by atoms with Gasteiger partial charge in [-0.1, -0.05) is 0 Å². The fraction of sp³-hybridized carbons (Fsp3) is 0.900. The van der Waals surface area contributed by atoms with Crippen molar-refractivity contribution in [2.24, 2.45) is 0 Å². The summed E-state index contributed by atoms with van der Waals surface area (Å²) in [6.07, 6.45) is -0.280. The molecule has 0 aromatic carbocycles. The second kappa shape index (κ2) is 5.09. The lowest BCUT2D eigenvalue weighted by molar-refractivity contribution is -0.181. The van der Waals surface area contributed by atoms with Crippen molar-refractivity contribution in [3.63, 3.8) is 0 Å². The molecule has 1 aliphatic heterocycles. The minimum atomic E-state index is -0.672. The summed E-state index contributed by atoms with van der Waals surface area (Å²) in [4.78, 5) is 11.2. The highest BCUT2D eigenvalue weighted by molar-refractivity contribution is 5.70. The van der Waals surface area contributed by atoms with Gasteiger partial charge in [-0.05, 0) is 13.8 Å². The maximum atomic E-state index is 11.2. The third-order valence-corrected chi connectivity index (χ3v) is 2.54. The van der Waals surface area contributed by atoms with E-state index < -0.39 is 11.8 Å². The van der Waals surface area contributed by atoms with Crippen molar-refractivity contribution in [2.75, 3.05) is 20.8 Å². The number of nitrogens with zero attached hydrogens (tertiary/aromatic N) is 1. The van der Waals surface area contributed by atoms with Crippen molar-refractivity contribution in [3.05, 3.63) is 0 Å². The first-order valence-corrected chi connectivity index (χ1v) is 5.16. The predicted molar refractivity (Wildman–Crippen MR) is 54.9 cm³/mol. The standard InChI is InChI=1S/C10H19NO5/c1-10(2)15-6-8(16-10)7(11(3)13)5-9(12)14-4/h7-8,13H,5-6H2,1-4H3/t7-,8-/m1/s1. The molecule has 94 valence electrons. The first kappa shape index (κ1) is 13.4. The number of carbonyl (C=O) groups excluding carboxylic acids is 1. The Bertz CT molecular complexity index is 254. The van der Waals surface area contributed by atoms with Crippen LogP contribution in [0.15, 0.2) is 0 Å². The normalized spacial score (nSPS) is 25.8. The van der Waals surface area contributed by atoms with E-state index in [-0.39, 0.29) is 18.5 Å². The van der Waals surface area contributed by atoms with Crippen LogP contribution in [0.5, 0.6) is 0 Å². The molecule has 1 heterocycles. The lowest BCUT2D eigenvalue weighted by Gasteiger charge is -2.27. The van der Waals surface area contributed by atoms with Crippen LogP contribution in [-0.4, -0.2) is 54.9 Å². The maximum Gasteiger partial charge on any atom is 0.307 e. The van der Waals surface area contributed by atoms with Gasteiger partial charge in [-0.25, -0.2) is 0 Å². The van der Waals surface area contributed by atoms with E-state index in [2.05, 4.69) is 4.74 Å². The third-order valence-electron chi connectivity index (χ3n) is 2.54. The summed E-state index contributed by atoms with van der Waals surface area (Å²) in [5, 5.41) is 10.4. The second-order valence-corrected chi connectivity index (χ2v) is 4.29. The van der Waals surface area contributed by atoms with Gasteiger partial charge in [-0.3, -0.25) is 4.79 Å². The Morgan fingerprint density at radius 1 is 1.69 bits per heavy atom. The Morgan fingerprint density at radius 2 is 2.31 bits per heavy atom. The van der Waals surface area contributed by atoms with Crippen LogP contribution in [0.3, 0.4) is 0 Å². The number of likely N-dealkylation sites (N-methyl/N-ethyl adjacent to an activating group) is 1. The number of hydroxylamine groups is 2. The van der Waals surface area contributed by atoms with Gasteiger partial charge in [-0.15, -0.1) is 0 Å². The molecule has 1 rings (SSSR count). The maximum absolute atomic E-state index is 11.2. The van der Waals surface area contributed by atoms with Gasteiger partial charge in [0.2, 0.25) is 0 Å². The van der Waals surface area contributed by atoms with E-state index in [0.717, 1.165) is 5.06 Å². The fourth-order valence-corrected chi connectivity index (χ4v) is 1.66. The van der Waals surface area contributed by atoms with Gasteiger partial charge >= 0.3 is 5.97 Å². The van der Waals surface area contributed by atoms with E-state index in [1.807, 2.05) is 0 Å². The van der Waals surface area contributed by atoms with Crippen LogP contribution in [0.2, 0.25) is 0 Å². The molecular formula is C10H19NO5. The Labute approximate surface area is 95.0 Å². The highest BCUT2D eigenvalue weighted by atomic mass is 16.7. The zero-order chi connectivity index (χ0) is 12.3. The summed E-state index contributed by atoms with van der Waals surface area (Å²) in [7, 11) is 2.79. The number of rotatable bonds is 4. The largest absolute Gasteiger partial charge is 0.469 e. The summed E-state index contributed by atoms with van der Waals surface area (Å²) in [6.45, 7) is 3.93. The number of esters is 1. The van der Waals surface area contributed by atoms with Crippen LogP contribution in [-0.2, 0) is 19.0 Å². The van der Waals surface area contributed by atoms with Gasteiger partial charge in [0.15, 0.2) is 5.79 Å². The molecule has 0 radical (unpaired) electrons. The average molecular weight is 233 g/mol. The first-order chi connectivity index (χ1) is 7.35. The Kier molecular flexibility index (Phi) is 4.26. The fourth-order valence-electron chi connectivity index (χ4n) is 1.66. The lowest BCUT2D eigenvalue weighted by Crippen LogP contribution is -2.43. The number of carbonyl (C=O) groups is 1. The third kappa shape index (κ3) is 3.41. The second-order valence-electron chi connectivity index (χ2n) is 4.29. The molecule has 1 fully saturated rings. The molecule has 0 aromatic heterocycles. The van der Waals surface area contributed by atoms with Crippen LogP contribution in [0, 0.1) is 0 Å². The molecule has 6 heteroatoms. The zero-order valence-corrected chi connectivity index (χ0v) is 10.1. The van der Waals surface area contributed by atoms with Gasteiger partial charge in [-0.2, -0.15) is 5.06 Å². The van der Waals surface area contributed by atoms with Crippen molar-refractivity contribution in [1.82, 2.24) is 5.06 Å². The topological polar surface area (TPSA) is 68.2 Å². The minimum absolute atomic E-state index is 0.0631. The van der Waals surface area contributed by atoms with Crippen molar-refractivity contribution in [1.29, 1.82) is 0 Å². The quantitative estimate of drug-likeness (QED) is 0.559. The molecule has 0 unspecified atom stereocenters. The molecule has 0 aliphatic carbocycles. The van der Waals surface area contributed by atoms with Gasteiger partial charge in [0.25, 0.3) is 0 Å². The summed E-state index contributed by atoms with van der Waals surface area (Å²) >= 11 is 0. The molecule has 0 spiro atoms. The SMILES string of the molecule is COC(=O)C[C@H]([C@H]1COC(C)(C)O1)N(C)O. The summed E-state index contributed by atoms with van der Waals surface area (Å²) in [5.41, 5.74) is 0. The van der Waals surface area contributed by atoms with Gasteiger partial charge in [0, 0.05) is 7.05 Å². The lowest BCUT2D eigenvalue weighted by atomic mass is 10.1. The average Bonchev–Trinajstić information content (AvgIpc) is 2.54. The molecule has 0 amide bonds. The van der Waals surface area contributed by atoms with E-state index in [1.54, 1.807) is 13.8 Å². The van der Waals surface area contributed by atoms with Gasteiger partial charge < -0.3 is 19.4 Å². The van der Waals surface area contributed by atoms with E-state index in [0.29, 0.717) is 6.61 Å². The number of hydrogen-bond acceptors (Lipinski definition) is 6. The monoisotopic (exact) mass is 233 g/mol. The van der Waals surface area contributed by atoms with Crippen molar-refractivity contribution < 1.29 is 24.2 Å². The molecular weight excluding hydrogens is 214 g/mol. The smallest absolute Gasteiger partial charge is 0.307 e. The molecule has 2 atom stereocenters. The van der Waals surface area contributed by atoms with Crippen LogP contribution < -0.4 is 0 Å². The van der Waals surface area contributed by atoms with Crippen molar-refractivity contribution in [2.45, 2.75) is 38.2 Å². The van der Waals surface area contributed by atoms with E-state index in [9.17, 15) is 10.0 Å². The summed E-state index contributed by atoms with van der Waals surface area (Å²) < 4.78 is 15.5. The molecule has 0 bridgehead atoms. The van der Waals surface area contributed by atoms with Crippen LogP contribution in [0.25, 0.3) is 0 Å². The van der Waals surface area contributed by atoms with E-state index in [4.69, 9.17) is 9.47 Å². The first-order valence-electron chi connectivity index (χ1n) is 5.16. The Morgan fingerprint density at radius 3 is 2.69 bits per heavy atom. The number of methoxy groups -OCH3 is 1. The predicted octanol–water partition coefficient (Wildman–Crippen LogP) is 0.391. The van der Waals surface area contributed by atoms with Gasteiger partial charge in [0.05, 0.1) is 26.2 Å². The Balaban J connectivity index is 2.61. The van der Waals surface area contributed by atoms with Crippen molar-refractivity contribution in [3.8, 4) is 0 Å². The molecule has 0 saturated carbocycles. The zero-order valence-electron chi connectivity index (χ0n) is 10.1. The number of ether oxygens (including phenoxy) is 3. The molecule has 6 nitrogen and oxygen atoms in total. The van der Waals surface area contributed by atoms with Crippen LogP contribution in [0.4, 0.5) is 0 Å². The molecule has 1 N–H and O–H groups in total. The van der Waals surface area contributed by atoms with Crippen LogP contribution in [0.1, 0.15) is 20.3 Å². The van der Waals surface area contributed by atoms with Crippen molar-refractivity contribution >= 4 is 5.97 Å². The Hall–Kier alpha value is -0.690. The summed E-state index contributed by atoms with van der Waals surface area (Å²) in [6, 6.07) is -0.464. The highest BCUT2D eigenvalue weighted by Gasteiger charge is 2.39.